The minimum atomic E-state index is -0.769. The second kappa shape index (κ2) is 7.02. The highest BCUT2D eigenvalue weighted by Gasteiger charge is 2.16. The molecule has 2 rings (SSSR count). The molecule has 0 fully saturated rings. The summed E-state index contributed by atoms with van der Waals surface area (Å²) >= 11 is 6.07. The lowest BCUT2D eigenvalue weighted by Gasteiger charge is -2.22. The summed E-state index contributed by atoms with van der Waals surface area (Å²) in [6.07, 6.45) is 1.27. The molecule has 1 aromatic carbocycles. The number of para-hydroxylation sites is 1. The van der Waals surface area contributed by atoms with Crippen LogP contribution in [0.25, 0.3) is 5.69 Å². The Morgan fingerprint density at radius 2 is 1.96 bits per heavy atom. The molecule has 0 saturated carbocycles. The first-order valence-corrected chi connectivity index (χ1v) is 7.72. The molecule has 24 heavy (non-hydrogen) atoms. The number of hydrogen-bond donors (Lipinski definition) is 2. The number of hydrogen-bond acceptors (Lipinski definition) is 4. The quantitative estimate of drug-likeness (QED) is 0.622. The number of aromatic nitrogens is 2. The van der Waals surface area contributed by atoms with Gasteiger partial charge in [-0.25, -0.2) is 9.36 Å². The molecule has 1 aromatic heterocycles. The van der Waals surface area contributed by atoms with Crippen LogP contribution in [0.4, 0.5) is 0 Å². The minimum absolute atomic E-state index is 0.0871. The van der Waals surface area contributed by atoms with Gasteiger partial charge in [0.15, 0.2) is 0 Å². The topological polar surface area (TPSA) is 87.4 Å². The van der Waals surface area contributed by atoms with E-state index in [-0.39, 0.29) is 16.3 Å². The minimum Gasteiger partial charge on any atom is -0.493 e. The third-order valence-corrected chi connectivity index (χ3v) is 3.65. The van der Waals surface area contributed by atoms with E-state index in [4.69, 9.17) is 11.6 Å². The van der Waals surface area contributed by atoms with Crippen molar-refractivity contribution in [3.63, 3.8) is 0 Å². The normalized spacial score (nSPS) is 12.0. The van der Waals surface area contributed by atoms with E-state index in [1.54, 1.807) is 24.3 Å². The molecule has 128 valence electrons. The monoisotopic (exact) mass is 351 g/mol. The first-order valence-electron chi connectivity index (χ1n) is 7.34. The zero-order valence-corrected chi connectivity index (χ0v) is 14.5. The van der Waals surface area contributed by atoms with Crippen LogP contribution in [0, 0.1) is 0 Å². The van der Waals surface area contributed by atoms with Gasteiger partial charge in [-0.3, -0.25) is 14.8 Å². The molecule has 1 heterocycles. The van der Waals surface area contributed by atoms with E-state index in [0.717, 1.165) is 15.6 Å². The van der Waals surface area contributed by atoms with Crippen molar-refractivity contribution in [2.45, 2.75) is 0 Å². The SMILES string of the molecule is C[N+](C)(C)CCN=Cc1c(O)n(-c2ccccc2Cl)c(=O)[nH]c1=O. The number of aliphatic imine (C=N–C) groups is 1. The van der Waals surface area contributed by atoms with Crippen molar-refractivity contribution >= 4 is 17.8 Å². The van der Waals surface area contributed by atoms with Gasteiger partial charge in [0.25, 0.3) is 5.56 Å². The average molecular weight is 352 g/mol. The summed E-state index contributed by atoms with van der Waals surface area (Å²) in [5.41, 5.74) is -1.28. The highest BCUT2D eigenvalue weighted by molar-refractivity contribution is 6.32. The fraction of sp³-hybridized carbons (Fsp3) is 0.312. The number of aromatic hydroxyl groups is 1. The molecule has 0 aliphatic carbocycles. The molecule has 0 amide bonds. The summed E-state index contributed by atoms with van der Waals surface area (Å²) in [6, 6.07) is 6.53. The van der Waals surface area contributed by atoms with Crippen molar-refractivity contribution in [2.24, 2.45) is 4.99 Å². The van der Waals surface area contributed by atoms with Crippen LogP contribution in [0.3, 0.4) is 0 Å². The van der Waals surface area contributed by atoms with E-state index in [9.17, 15) is 14.7 Å². The van der Waals surface area contributed by atoms with Crippen molar-refractivity contribution in [3.8, 4) is 11.6 Å². The van der Waals surface area contributed by atoms with Gasteiger partial charge in [-0.1, -0.05) is 23.7 Å². The number of benzene rings is 1. The molecule has 7 nitrogen and oxygen atoms in total. The number of rotatable bonds is 5. The number of H-pyrrole nitrogens is 1. The largest absolute Gasteiger partial charge is 0.493 e. The van der Waals surface area contributed by atoms with Crippen LogP contribution in [0.5, 0.6) is 5.88 Å². The molecule has 0 radical (unpaired) electrons. The molecule has 0 bridgehead atoms. The van der Waals surface area contributed by atoms with Gasteiger partial charge in [0.05, 0.1) is 44.9 Å². The van der Waals surface area contributed by atoms with Crippen LogP contribution in [-0.4, -0.2) is 59.6 Å². The summed E-state index contributed by atoms with van der Waals surface area (Å²) < 4.78 is 1.67. The number of nitrogens with one attached hydrogen (secondary N) is 1. The van der Waals surface area contributed by atoms with Gasteiger partial charge in [0, 0.05) is 6.21 Å². The first kappa shape index (κ1) is 18.0. The van der Waals surface area contributed by atoms with Gasteiger partial charge in [-0.05, 0) is 12.1 Å². The smallest absolute Gasteiger partial charge is 0.335 e. The van der Waals surface area contributed by atoms with E-state index >= 15 is 0 Å². The van der Waals surface area contributed by atoms with Crippen LogP contribution in [0.2, 0.25) is 5.02 Å². The third-order valence-electron chi connectivity index (χ3n) is 3.33. The van der Waals surface area contributed by atoms with Crippen molar-refractivity contribution in [2.75, 3.05) is 34.2 Å². The maximum atomic E-state index is 12.1. The van der Waals surface area contributed by atoms with Gasteiger partial charge in [0.1, 0.15) is 5.56 Å². The van der Waals surface area contributed by atoms with Crippen molar-refractivity contribution in [1.29, 1.82) is 0 Å². The Morgan fingerprint density at radius 3 is 2.58 bits per heavy atom. The highest BCUT2D eigenvalue weighted by atomic mass is 35.5. The second-order valence-electron chi connectivity index (χ2n) is 6.33. The van der Waals surface area contributed by atoms with E-state index in [1.807, 2.05) is 21.1 Å². The summed E-state index contributed by atoms with van der Waals surface area (Å²) in [7, 11) is 6.08. The van der Waals surface area contributed by atoms with Crippen molar-refractivity contribution in [3.05, 3.63) is 55.7 Å². The maximum absolute atomic E-state index is 12.1. The number of halogens is 1. The average Bonchev–Trinajstić information content (AvgIpc) is 2.47. The lowest BCUT2D eigenvalue weighted by atomic mass is 10.3. The number of aromatic amines is 1. The van der Waals surface area contributed by atoms with Gasteiger partial charge >= 0.3 is 5.69 Å². The van der Waals surface area contributed by atoms with Gasteiger partial charge < -0.3 is 9.59 Å². The van der Waals surface area contributed by atoms with Crippen molar-refractivity contribution < 1.29 is 9.59 Å². The fourth-order valence-corrected chi connectivity index (χ4v) is 2.25. The van der Waals surface area contributed by atoms with E-state index in [2.05, 4.69) is 9.98 Å². The Kier molecular flexibility index (Phi) is 5.26. The van der Waals surface area contributed by atoms with Crippen LogP contribution in [0.15, 0.2) is 38.8 Å². The van der Waals surface area contributed by atoms with E-state index < -0.39 is 17.1 Å². The summed E-state index contributed by atoms with van der Waals surface area (Å²) in [5.74, 6) is -0.495. The Hall–Kier alpha value is -2.38. The molecule has 2 aromatic rings. The van der Waals surface area contributed by atoms with E-state index in [0.29, 0.717) is 6.54 Å². The molecule has 0 atom stereocenters. The summed E-state index contributed by atoms with van der Waals surface area (Å²) in [4.78, 5) is 30.4. The standard InChI is InChI=1S/C16H19ClN4O3/c1-21(2,3)9-8-18-10-11-14(22)19-16(24)20(15(11)23)13-7-5-4-6-12(13)17/h4-7,10H,8-9H2,1-3H3,(H-,18,19,22,23,24)/p+1. The first-order chi connectivity index (χ1) is 11.2. The van der Waals surface area contributed by atoms with Gasteiger partial charge in [-0.15, -0.1) is 0 Å². The lowest BCUT2D eigenvalue weighted by molar-refractivity contribution is -0.868. The Bertz CT molecular complexity index is 878. The maximum Gasteiger partial charge on any atom is 0.335 e. The Morgan fingerprint density at radius 1 is 1.29 bits per heavy atom. The van der Waals surface area contributed by atoms with Crippen LogP contribution < -0.4 is 11.2 Å². The van der Waals surface area contributed by atoms with Crippen molar-refractivity contribution in [1.82, 2.24) is 9.55 Å². The van der Waals surface area contributed by atoms with Crippen LogP contribution in [-0.2, 0) is 0 Å². The predicted molar refractivity (Wildman–Crippen MR) is 94.7 cm³/mol. The summed E-state index contributed by atoms with van der Waals surface area (Å²) in [5, 5.41) is 10.6. The highest BCUT2D eigenvalue weighted by Crippen LogP contribution is 2.22. The van der Waals surface area contributed by atoms with E-state index in [1.165, 1.54) is 6.21 Å². The molecule has 0 aliphatic heterocycles. The molecular formula is C16H20ClN4O3+. The molecule has 8 heteroatoms. The molecule has 0 aliphatic rings. The second-order valence-corrected chi connectivity index (χ2v) is 6.74. The molecule has 0 unspecified atom stereocenters. The van der Waals surface area contributed by atoms with Gasteiger partial charge in [0.2, 0.25) is 5.88 Å². The number of nitrogens with zero attached hydrogens (tertiary/aromatic N) is 3. The van der Waals surface area contributed by atoms with Gasteiger partial charge in [-0.2, -0.15) is 0 Å². The zero-order chi connectivity index (χ0) is 17.9. The fourth-order valence-electron chi connectivity index (χ4n) is 2.03. The number of quaternary nitrogens is 1. The third kappa shape index (κ3) is 4.12. The lowest BCUT2D eigenvalue weighted by Crippen LogP contribution is -2.36. The predicted octanol–water partition coefficient (Wildman–Crippen LogP) is 1.01. The number of likely N-dealkylation sites (N-methyl/N-ethyl adjacent to an activating group) is 1. The van der Waals surface area contributed by atoms with Crippen LogP contribution in [0.1, 0.15) is 5.56 Å². The molecule has 2 N–H and O–H groups in total. The summed E-state index contributed by atoms with van der Waals surface area (Å²) in [6.45, 7) is 1.24. The molecular weight excluding hydrogens is 332 g/mol. The Balaban J connectivity index is 2.46. The zero-order valence-electron chi connectivity index (χ0n) is 13.8. The van der Waals surface area contributed by atoms with Crippen LogP contribution >= 0.6 is 11.6 Å². The molecule has 0 spiro atoms. The molecule has 0 saturated heterocycles. The Labute approximate surface area is 144 Å².